The van der Waals surface area contributed by atoms with Crippen molar-refractivity contribution >= 4 is 32.6 Å². The van der Waals surface area contributed by atoms with Gasteiger partial charge < -0.3 is 4.98 Å². The van der Waals surface area contributed by atoms with E-state index in [2.05, 4.69) is 33.0 Å². The van der Waals surface area contributed by atoms with Gasteiger partial charge in [0.1, 0.15) is 5.78 Å². The Morgan fingerprint density at radius 1 is 1.41 bits per heavy atom. The Labute approximate surface area is 109 Å². The lowest BCUT2D eigenvalue weighted by molar-refractivity contribution is -0.120. The van der Waals surface area contributed by atoms with Gasteiger partial charge in [0.15, 0.2) is 0 Å². The van der Waals surface area contributed by atoms with Crippen molar-refractivity contribution in [3.8, 4) is 0 Å². The molecule has 0 bridgehead atoms. The van der Waals surface area contributed by atoms with Crippen LogP contribution in [0, 0.1) is 5.92 Å². The van der Waals surface area contributed by atoms with E-state index >= 15 is 0 Å². The third kappa shape index (κ3) is 2.04. The molecule has 1 saturated carbocycles. The summed E-state index contributed by atoms with van der Waals surface area (Å²) in [7, 11) is 0. The molecule has 3 heteroatoms. The van der Waals surface area contributed by atoms with E-state index in [-0.39, 0.29) is 5.92 Å². The summed E-state index contributed by atoms with van der Waals surface area (Å²) in [6.07, 6.45) is 5.82. The highest BCUT2D eigenvalue weighted by molar-refractivity contribution is 9.10. The van der Waals surface area contributed by atoms with Gasteiger partial charge in [0.05, 0.1) is 0 Å². The second-order valence-corrected chi connectivity index (χ2v) is 5.68. The summed E-state index contributed by atoms with van der Waals surface area (Å²) in [5.41, 5.74) is 2.41. The average molecular weight is 292 g/mol. The number of aromatic amines is 1. The summed E-state index contributed by atoms with van der Waals surface area (Å²) in [5, 5.41) is 1.24. The molecule has 1 unspecified atom stereocenters. The first-order valence-electron chi connectivity index (χ1n) is 6.02. The van der Waals surface area contributed by atoms with Gasteiger partial charge in [0, 0.05) is 33.9 Å². The fraction of sp³-hybridized carbons (Fsp3) is 0.357. The molecule has 1 atom stereocenters. The maximum Gasteiger partial charge on any atom is 0.136 e. The van der Waals surface area contributed by atoms with Crippen molar-refractivity contribution in [1.29, 1.82) is 0 Å². The highest BCUT2D eigenvalue weighted by atomic mass is 79.9. The third-order valence-corrected chi connectivity index (χ3v) is 4.12. The number of halogens is 1. The Morgan fingerprint density at radius 3 is 3.06 bits per heavy atom. The molecule has 1 N–H and O–H groups in total. The molecule has 1 aromatic heterocycles. The number of aromatic nitrogens is 1. The summed E-state index contributed by atoms with van der Waals surface area (Å²) < 4.78 is 1.09. The van der Waals surface area contributed by atoms with Gasteiger partial charge in [-0.25, -0.2) is 0 Å². The monoisotopic (exact) mass is 291 g/mol. The Kier molecular flexibility index (Phi) is 2.79. The lowest BCUT2D eigenvalue weighted by Crippen LogP contribution is -2.09. The largest absolute Gasteiger partial charge is 0.361 e. The fourth-order valence-corrected chi connectivity index (χ4v) is 3.05. The van der Waals surface area contributed by atoms with E-state index in [1.807, 2.05) is 12.3 Å². The van der Waals surface area contributed by atoms with Crippen LogP contribution >= 0.6 is 15.9 Å². The zero-order valence-corrected chi connectivity index (χ0v) is 11.1. The number of carbonyl (C=O) groups is 1. The van der Waals surface area contributed by atoms with Crippen LogP contribution in [0.2, 0.25) is 0 Å². The number of H-pyrrole nitrogens is 1. The molecule has 2 aromatic rings. The van der Waals surface area contributed by atoms with Crippen LogP contribution in [0.3, 0.4) is 0 Å². The zero-order chi connectivity index (χ0) is 11.8. The second kappa shape index (κ2) is 4.30. The Bertz CT molecular complexity index is 573. The van der Waals surface area contributed by atoms with Crippen molar-refractivity contribution in [2.75, 3.05) is 0 Å². The molecule has 0 radical (unpaired) electrons. The first kappa shape index (κ1) is 11.0. The number of carbonyl (C=O) groups excluding carboxylic acids is 1. The molecule has 0 saturated heterocycles. The maximum atomic E-state index is 11.7. The van der Waals surface area contributed by atoms with Crippen molar-refractivity contribution in [2.24, 2.45) is 5.92 Å². The average Bonchev–Trinajstić information content (AvgIpc) is 2.88. The topological polar surface area (TPSA) is 32.9 Å². The quantitative estimate of drug-likeness (QED) is 0.896. The van der Waals surface area contributed by atoms with Crippen LogP contribution in [0.5, 0.6) is 0 Å². The Morgan fingerprint density at radius 2 is 2.29 bits per heavy atom. The molecule has 17 heavy (non-hydrogen) atoms. The van der Waals surface area contributed by atoms with Gasteiger partial charge >= 0.3 is 0 Å². The predicted octanol–water partition coefficient (Wildman–Crippen LogP) is 3.84. The summed E-state index contributed by atoms with van der Waals surface area (Å²) in [6.45, 7) is 0. The molecule has 1 fully saturated rings. The van der Waals surface area contributed by atoms with Crippen molar-refractivity contribution in [1.82, 2.24) is 4.98 Å². The third-order valence-electron chi connectivity index (χ3n) is 3.63. The number of Topliss-reactive ketones (excluding diaryl/α,β-unsaturated/α-hetero) is 1. The minimum atomic E-state index is 0.244. The number of nitrogens with one attached hydrogen (secondary N) is 1. The van der Waals surface area contributed by atoms with Gasteiger partial charge in [-0.05, 0) is 43.0 Å². The van der Waals surface area contributed by atoms with Crippen molar-refractivity contribution < 1.29 is 4.79 Å². The highest BCUT2D eigenvalue weighted by Gasteiger charge is 2.25. The molecule has 88 valence electrons. The van der Waals surface area contributed by atoms with E-state index in [1.165, 1.54) is 10.9 Å². The van der Waals surface area contributed by atoms with Crippen LogP contribution < -0.4 is 0 Å². The molecule has 3 rings (SSSR count). The van der Waals surface area contributed by atoms with Gasteiger partial charge in [-0.3, -0.25) is 4.79 Å². The lowest BCUT2D eigenvalue weighted by atomic mass is 9.97. The molecule has 0 amide bonds. The summed E-state index contributed by atoms with van der Waals surface area (Å²) >= 11 is 3.50. The van der Waals surface area contributed by atoms with Crippen molar-refractivity contribution in [2.45, 2.75) is 25.7 Å². The van der Waals surface area contributed by atoms with Gasteiger partial charge in [-0.1, -0.05) is 15.9 Å². The number of hydrogen-bond acceptors (Lipinski definition) is 1. The van der Waals surface area contributed by atoms with Crippen LogP contribution in [0.1, 0.15) is 24.8 Å². The van der Waals surface area contributed by atoms with Gasteiger partial charge in [-0.15, -0.1) is 0 Å². The number of benzene rings is 1. The van der Waals surface area contributed by atoms with Crippen LogP contribution in [0.25, 0.3) is 10.9 Å². The molecular weight excluding hydrogens is 278 g/mol. The molecule has 0 aliphatic heterocycles. The number of hydrogen-bond donors (Lipinski definition) is 1. The summed E-state index contributed by atoms with van der Waals surface area (Å²) in [6, 6.07) is 6.23. The Balaban J connectivity index is 1.94. The Hall–Kier alpha value is -1.09. The summed E-state index contributed by atoms with van der Waals surface area (Å²) in [5.74, 6) is 0.683. The molecule has 1 aliphatic carbocycles. The van der Waals surface area contributed by atoms with Crippen LogP contribution in [0.15, 0.2) is 28.9 Å². The van der Waals surface area contributed by atoms with E-state index in [1.54, 1.807) is 0 Å². The van der Waals surface area contributed by atoms with E-state index in [0.717, 1.165) is 35.7 Å². The van der Waals surface area contributed by atoms with Crippen molar-refractivity contribution in [3.63, 3.8) is 0 Å². The van der Waals surface area contributed by atoms with Crippen LogP contribution in [-0.4, -0.2) is 10.8 Å². The molecule has 2 nitrogen and oxygen atoms in total. The number of ketones is 1. The SMILES string of the molecule is O=C1CCCC1Cc1c[nH]c2ccc(Br)cc12. The van der Waals surface area contributed by atoms with E-state index in [4.69, 9.17) is 0 Å². The van der Waals surface area contributed by atoms with Gasteiger partial charge in [0.2, 0.25) is 0 Å². The zero-order valence-electron chi connectivity index (χ0n) is 9.50. The second-order valence-electron chi connectivity index (χ2n) is 4.76. The van der Waals surface area contributed by atoms with Crippen molar-refractivity contribution in [3.05, 3.63) is 34.4 Å². The normalized spacial score (nSPS) is 20.3. The molecule has 1 aromatic carbocycles. The van der Waals surface area contributed by atoms with Crippen LogP contribution in [0.4, 0.5) is 0 Å². The van der Waals surface area contributed by atoms with Crippen LogP contribution in [-0.2, 0) is 11.2 Å². The molecular formula is C14H14BrNO. The van der Waals surface area contributed by atoms with Gasteiger partial charge in [0.25, 0.3) is 0 Å². The molecule has 1 aliphatic rings. The smallest absolute Gasteiger partial charge is 0.136 e. The standard InChI is InChI=1S/C14H14BrNO/c15-11-4-5-13-12(7-11)10(8-16-13)6-9-2-1-3-14(9)17/h4-5,7-9,16H,1-3,6H2. The minimum absolute atomic E-state index is 0.244. The predicted molar refractivity (Wildman–Crippen MR) is 72.1 cm³/mol. The minimum Gasteiger partial charge on any atom is -0.361 e. The van der Waals surface area contributed by atoms with E-state index in [0.29, 0.717) is 5.78 Å². The van der Waals surface area contributed by atoms with Gasteiger partial charge in [-0.2, -0.15) is 0 Å². The molecule has 1 heterocycles. The lowest BCUT2D eigenvalue weighted by Gasteiger charge is -2.06. The highest BCUT2D eigenvalue weighted by Crippen LogP contribution is 2.29. The van der Waals surface area contributed by atoms with E-state index in [9.17, 15) is 4.79 Å². The van der Waals surface area contributed by atoms with E-state index < -0.39 is 0 Å². The first-order chi connectivity index (χ1) is 8.24. The fourth-order valence-electron chi connectivity index (χ4n) is 2.69. The first-order valence-corrected chi connectivity index (χ1v) is 6.81. The molecule has 0 spiro atoms. The number of rotatable bonds is 2. The summed E-state index contributed by atoms with van der Waals surface area (Å²) in [4.78, 5) is 15.0. The number of fused-ring (bicyclic) bond motifs is 1. The maximum absolute atomic E-state index is 11.7.